The molecule has 0 aromatic heterocycles. The van der Waals surface area contributed by atoms with Gasteiger partial charge in [0.15, 0.2) is 0 Å². The monoisotopic (exact) mass is 536 g/mol. The first-order valence-electron chi connectivity index (χ1n) is 0. The predicted octanol–water partition coefficient (Wildman–Crippen LogP) is -8.75. The molecule has 0 amide bonds. The van der Waals surface area contributed by atoms with Gasteiger partial charge in [-0.3, -0.25) is 0 Å². The summed E-state index contributed by atoms with van der Waals surface area (Å²) in [5, 5.41) is 0. The fraction of sp³-hybridized carbons (Fsp3) is 0. The van der Waals surface area contributed by atoms with E-state index in [-0.39, 0.29) is 113 Å². The van der Waals surface area contributed by atoms with Gasteiger partial charge in [-0.1, -0.05) is 0 Å². The van der Waals surface area contributed by atoms with Crippen LogP contribution in [-0.2, 0) is 0 Å². The minimum atomic E-state index is 0. The Balaban J connectivity index is 0. The van der Waals surface area contributed by atoms with Crippen molar-refractivity contribution in [2.24, 2.45) is 0 Å². The van der Waals surface area contributed by atoms with E-state index < -0.39 is 0 Å². The summed E-state index contributed by atoms with van der Waals surface area (Å²) in [7, 11) is 0. The van der Waals surface area contributed by atoms with Crippen molar-refractivity contribution in [1.29, 1.82) is 0 Å². The van der Waals surface area contributed by atoms with Gasteiger partial charge in [0.2, 0.25) is 0 Å². The van der Waals surface area contributed by atoms with Crippen LogP contribution in [0.2, 0.25) is 0 Å². The molecule has 0 aromatic rings. The molecule has 0 bridgehead atoms. The topological polar surface area (TPSA) is 0 Å². The van der Waals surface area contributed by atoms with E-state index in [1.54, 1.807) is 0 Å². The van der Waals surface area contributed by atoms with E-state index in [0.29, 0.717) is 0 Å². The van der Waals surface area contributed by atoms with Crippen molar-refractivity contribution in [3.8, 4) is 0 Å². The van der Waals surface area contributed by atoms with Crippen LogP contribution in [0.5, 0.6) is 0 Å². The summed E-state index contributed by atoms with van der Waals surface area (Å²) in [5.74, 6) is 0. The molecule has 0 aromatic carbocycles. The number of halogens is 4. The molecule has 0 aliphatic rings. The Labute approximate surface area is 111 Å². The van der Waals surface area contributed by atoms with Crippen LogP contribution in [0.3, 0.4) is 0 Å². The summed E-state index contributed by atoms with van der Waals surface area (Å²) in [5.41, 5.74) is 0. The first-order chi connectivity index (χ1) is 0. The van der Waals surface area contributed by atoms with Gasteiger partial charge < -0.3 is 71.9 Å². The normalized spacial score (nSPS) is 0. The summed E-state index contributed by atoms with van der Waals surface area (Å²) in [4.78, 5) is 0. The summed E-state index contributed by atoms with van der Waals surface area (Å²) in [6, 6.07) is 0. The van der Waals surface area contributed by atoms with Crippen LogP contribution < -0.4 is 71.9 Å². The molecular weight excluding hydrogens is 535 g/mol. The molecule has 0 nitrogen and oxygen atoms in total. The van der Waals surface area contributed by atoms with Crippen LogP contribution >= 0.6 is 24.0 Å². The Morgan fingerprint density at radius 3 is 0.600 bits per heavy atom. The van der Waals surface area contributed by atoms with Gasteiger partial charge in [0.1, 0.15) is 0 Å². The summed E-state index contributed by atoms with van der Waals surface area (Å²) in [6.07, 6.45) is 0. The average molecular weight is 536 g/mol. The Kier molecular flexibility index (Phi) is 205. The van der Waals surface area contributed by atoms with Crippen LogP contribution in [0.4, 0.5) is 0 Å². The van der Waals surface area contributed by atoms with E-state index in [1.165, 1.54) is 0 Å². The second-order valence-corrected chi connectivity index (χ2v) is 0. The zero-order valence-corrected chi connectivity index (χ0v) is 12.1. The molecule has 32 valence electrons. The molecule has 0 atom stereocenters. The maximum Gasteiger partial charge on any atom is 3.00 e. The van der Waals surface area contributed by atoms with Gasteiger partial charge in [-0.2, -0.15) is 0 Å². The smallest absolute Gasteiger partial charge is 1.00 e. The second kappa shape index (κ2) is 26.0. The van der Waals surface area contributed by atoms with Crippen molar-refractivity contribution < 1.29 is 71.9 Å². The van der Waals surface area contributed by atoms with Crippen molar-refractivity contribution in [3.05, 3.63) is 0 Å². The van der Waals surface area contributed by atoms with Crippen LogP contribution in [0.15, 0.2) is 0 Å². The predicted molar refractivity (Wildman–Crippen MR) is 21.2 cm³/mol. The number of hydrogen-bond donors (Lipinski definition) is 0. The minimum absolute atomic E-state index is 0. The molecule has 0 fully saturated rings. The Hall–Kier alpha value is 3.45. The minimum Gasteiger partial charge on any atom is -1.00 e. The molecule has 0 aliphatic carbocycles. The Morgan fingerprint density at radius 2 is 0.600 bits per heavy atom. The molecule has 0 saturated carbocycles. The van der Waals surface area contributed by atoms with E-state index in [1.807, 2.05) is 0 Å². The molecule has 5 heavy (non-hydrogen) atoms. The second-order valence-electron chi connectivity index (χ2n) is 0. The molecule has 0 saturated heterocycles. The largest absolute Gasteiger partial charge is 3.00 e. The van der Waals surface area contributed by atoms with Gasteiger partial charge in [-0.15, -0.1) is 24.0 Å². The molecule has 0 N–H and O–H groups in total. The Morgan fingerprint density at radius 1 is 0.600 bits per heavy atom. The van der Waals surface area contributed by atoms with Gasteiger partial charge in [-0.25, -0.2) is 0 Å². The SMILES string of the molecule is I.[Al+3].[I-].[I-].[I-]. The first kappa shape index (κ1) is 39.4. The van der Waals surface area contributed by atoms with Crippen molar-refractivity contribution in [2.75, 3.05) is 0 Å². The molecule has 0 unspecified atom stereocenters. The zero-order valence-electron chi connectivity index (χ0n) is 2.12. The standard InChI is InChI=1S/Al.4HI/h;4*1H/q+3;;;;/p-3. The summed E-state index contributed by atoms with van der Waals surface area (Å²) in [6.45, 7) is 0. The first-order valence-corrected chi connectivity index (χ1v) is 0. The average Bonchev–Trinajstić information content (AvgIpc) is 0. The van der Waals surface area contributed by atoms with E-state index in [0.717, 1.165) is 0 Å². The van der Waals surface area contributed by atoms with Crippen LogP contribution in [0.25, 0.3) is 0 Å². The van der Waals surface area contributed by atoms with Crippen LogP contribution in [-0.4, -0.2) is 17.4 Å². The van der Waals surface area contributed by atoms with Crippen molar-refractivity contribution in [3.63, 3.8) is 0 Å². The van der Waals surface area contributed by atoms with E-state index in [4.69, 9.17) is 0 Å². The van der Waals surface area contributed by atoms with Crippen molar-refractivity contribution in [2.45, 2.75) is 0 Å². The van der Waals surface area contributed by atoms with Crippen LogP contribution in [0, 0.1) is 0 Å². The van der Waals surface area contributed by atoms with E-state index in [2.05, 4.69) is 0 Å². The fourth-order valence-corrected chi connectivity index (χ4v) is 0. The van der Waals surface area contributed by atoms with Crippen molar-refractivity contribution >= 4 is 41.3 Å². The maximum atomic E-state index is 0. The summed E-state index contributed by atoms with van der Waals surface area (Å²) >= 11 is 0. The van der Waals surface area contributed by atoms with Gasteiger partial charge >= 0.3 is 17.4 Å². The van der Waals surface area contributed by atoms with Gasteiger partial charge in [0, 0.05) is 0 Å². The van der Waals surface area contributed by atoms with Gasteiger partial charge in [0.05, 0.1) is 0 Å². The molecule has 5 heteroatoms. The number of hydrogen-bond acceptors (Lipinski definition) is 0. The fourth-order valence-electron chi connectivity index (χ4n) is 0. The number of rotatable bonds is 0. The van der Waals surface area contributed by atoms with E-state index >= 15 is 0 Å². The van der Waals surface area contributed by atoms with Gasteiger partial charge in [-0.05, 0) is 0 Å². The molecule has 0 heterocycles. The molecular formula is HAlI4. The third-order valence-corrected chi connectivity index (χ3v) is 0. The van der Waals surface area contributed by atoms with E-state index in [9.17, 15) is 0 Å². The molecule has 0 spiro atoms. The molecule has 0 rings (SSSR count). The summed E-state index contributed by atoms with van der Waals surface area (Å²) < 4.78 is 0. The van der Waals surface area contributed by atoms with Gasteiger partial charge in [0.25, 0.3) is 0 Å². The third kappa shape index (κ3) is 18.6. The Bertz CT molecular complexity index is 3.61. The van der Waals surface area contributed by atoms with Crippen molar-refractivity contribution in [1.82, 2.24) is 0 Å². The quantitative estimate of drug-likeness (QED) is 0.214. The third-order valence-electron chi connectivity index (χ3n) is 0. The van der Waals surface area contributed by atoms with Crippen LogP contribution in [0.1, 0.15) is 0 Å². The zero-order chi connectivity index (χ0) is 0. The maximum absolute atomic E-state index is 0. The molecule has 0 radical (unpaired) electrons. The molecule has 0 aliphatic heterocycles.